The highest BCUT2D eigenvalue weighted by molar-refractivity contribution is 5.85. The molecule has 0 saturated carbocycles. The van der Waals surface area contributed by atoms with Crippen molar-refractivity contribution >= 4 is 34.6 Å². The molecule has 4 rings (SSSR count). The molecule has 0 aliphatic heterocycles. The Labute approximate surface area is 202 Å². The maximum Gasteiger partial charge on any atom is 0.414 e. The van der Waals surface area contributed by atoms with E-state index in [1.54, 1.807) is 24.3 Å². The lowest BCUT2D eigenvalue weighted by atomic mass is 10.1. The summed E-state index contributed by atoms with van der Waals surface area (Å²) in [7, 11) is 0. The van der Waals surface area contributed by atoms with Gasteiger partial charge < -0.3 is 14.5 Å². The number of non-ortho nitro benzene ring substituents is 2. The number of nitrogens with one attached hydrogen (secondary N) is 2. The second kappa shape index (κ2) is 10.9. The van der Waals surface area contributed by atoms with Gasteiger partial charge in [0.15, 0.2) is 5.65 Å². The zero-order valence-electron chi connectivity index (χ0n) is 18.6. The van der Waals surface area contributed by atoms with E-state index in [4.69, 9.17) is 9.47 Å². The van der Waals surface area contributed by atoms with Crippen LogP contribution in [0.5, 0.6) is 5.88 Å². The smallest absolute Gasteiger partial charge is 0.414 e. The molecule has 14 nitrogen and oxygen atoms in total. The molecule has 2 aromatic carbocycles. The number of hydrogen-bond donors (Lipinski definition) is 2. The van der Waals surface area contributed by atoms with E-state index < -0.39 is 15.9 Å². The lowest BCUT2D eigenvalue weighted by Gasteiger charge is -2.09. The van der Waals surface area contributed by atoms with Crippen LogP contribution in [-0.4, -0.2) is 49.1 Å². The summed E-state index contributed by atoms with van der Waals surface area (Å²) in [6.07, 6.45) is 1.45. The molecule has 0 aliphatic carbocycles. The maximum absolute atomic E-state index is 12.2. The molecule has 0 bridgehead atoms. The largest absolute Gasteiger partial charge is 0.476 e. The molecule has 4 aromatic rings. The first-order valence-corrected chi connectivity index (χ1v) is 10.6. The lowest BCUT2D eigenvalue weighted by Crippen LogP contribution is -2.17. The summed E-state index contributed by atoms with van der Waals surface area (Å²) in [5, 5.41) is 23.9. The summed E-state index contributed by atoms with van der Waals surface area (Å²) < 4.78 is 10.9. The van der Waals surface area contributed by atoms with E-state index in [1.807, 2.05) is 0 Å². The molecule has 0 unspecified atom stereocenters. The number of ether oxygens (including phenoxy) is 2. The number of aromatic amines is 1. The van der Waals surface area contributed by atoms with Crippen LogP contribution < -0.4 is 10.1 Å². The van der Waals surface area contributed by atoms with Gasteiger partial charge in [-0.3, -0.25) is 25.5 Å². The van der Waals surface area contributed by atoms with Crippen LogP contribution in [0.15, 0.2) is 54.9 Å². The molecule has 1 amide bonds. The Morgan fingerprint density at radius 2 is 1.47 bits per heavy atom. The van der Waals surface area contributed by atoms with Gasteiger partial charge in [0.1, 0.15) is 5.52 Å². The first-order chi connectivity index (χ1) is 17.4. The fraction of sp³-hybridized carbons (Fsp3) is 0.182. The van der Waals surface area contributed by atoms with Crippen LogP contribution in [0.4, 0.5) is 22.1 Å². The van der Waals surface area contributed by atoms with Crippen LogP contribution in [0.25, 0.3) is 11.2 Å². The number of aromatic nitrogens is 4. The van der Waals surface area contributed by atoms with Gasteiger partial charge in [-0.1, -0.05) is 24.3 Å². The summed E-state index contributed by atoms with van der Waals surface area (Å²) in [6, 6.07) is 12.1. The molecular formula is C22H19N7O7. The molecule has 0 saturated heterocycles. The highest BCUT2D eigenvalue weighted by Crippen LogP contribution is 2.21. The van der Waals surface area contributed by atoms with Gasteiger partial charge in [0.05, 0.1) is 29.4 Å². The minimum absolute atomic E-state index is 0.00461. The van der Waals surface area contributed by atoms with Crippen LogP contribution in [0.3, 0.4) is 0 Å². The Morgan fingerprint density at radius 3 is 2.06 bits per heavy atom. The molecule has 0 atom stereocenters. The summed E-state index contributed by atoms with van der Waals surface area (Å²) in [6.45, 7) is 0.245. The average molecular weight is 493 g/mol. The average Bonchev–Trinajstić information content (AvgIpc) is 3.33. The van der Waals surface area contributed by atoms with Gasteiger partial charge in [0, 0.05) is 37.1 Å². The predicted molar refractivity (Wildman–Crippen MR) is 126 cm³/mol. The number of nitro benzene ring substituents is 2. The highest BCUT2D eigenvalue weighted by atomic mass is 16.6. The lowest BCUT2D eigenvalue weighted by molar-refractivity contribution is -0.385. The molecule has 0 spiro atoms. The van der Waals surface area contributed by atoms with Gasteiger partial charge in [0.25, 0.3) is 11.4 Å². The minimum atomic E-state index is -0.788. The first kappa shape index (κ1) is 24.0. The van der Waals surface area contributed by atoms with Gasteiger partial charge in [-0.05, 0) is 11.1 Å². The minimum Gasteiger partial charge on any atom is -0.476 e. The van der Waals surface area contributed by atoms with Crippen molar-refractivity contribution in [2.45, 2.75) is 12.8 Å². The number of fused-ring (bicyclic) bond motifs is 1. The molecule has 0 radical (unpaired) electrons. The quantitative estimate of drug-likeness (QED) is 0.244. The van der Waals surface area contributed by atoms with Crippen molar-refractivity contribution in [1.82, 2.24) is 19.9 Å². The molecular weight excluding hydrogens is 474 g/mol. The van der Waals surface area contributed by atoms with E-state index in [2.05, 4.69) is 25.3 Å². The fourth-order valence-electron chi connectivity index (χ4n) is 3.19. The van der Waals surface area contributed by atoms with Gasteiger partial charge in [-0.25, -0.2) is 9.78 Å². The number of imidazole rings is 1. The van der Waals surface area contributed by atoms with Crippen LogP contribution in [0.1, 0.15) is 11.1 Å². The van der Waals surface area contributed by atoms with Crippen LogP contribution in [0, 0.1) is 20.2 Å². The molecule has 36 heavy (non-hydrogen) atoms. The second-order valence-electron chi connectivity index (χ2n) is 7.41. The SMILES string of the molecule is O=C(Nc1nc(OCCc2ccc([N+](=O)[O-])cc2)c2[nH]cnc2n1)OCCc1ccc([N+](=O)[O-])cc1. The van der Waals surface area contributed by atoms with Crippen molar-refractivity contribution in [3.63, 3.8) is 0 Å². The van der Waals surface area contributed by atoms with Gasteiger partial charge >= 0.3 is 6.09 Å². The summed E-state index contributed by atoms with van der Waals surface area (Å²) in [5.74, 6) is 0.0980. The van der Waals surface area contributed by atoms with E-state index in [0.717, 1.165) is 11.1 Å². The number of amides is 1. The Bertz CT molecular complexity index is 1390. The number of H-pyrrole nitrogens is 1. The fourth-order valence-corrected chi connectivity index (χ4v) is 3.19. The summed E-state index contributed by atoms with van der Waals surface area (Å²) in [4.78, 5) is 48.0. The molecule has 2 aromatic heterocycles. The first-order valence-electron chi connectivity index (χ1n) is 10.6. The van der Waals surface area contributed by atoms with Gasteiger partial charge in [0.2, 0.25) is 11.8 Å². The number of anilines is 1. The van der Waals surface area contributed by atoms with Crippen LogP contribution >= 0.6 is 0 Å². The number of nitro groups is 2. The van der Waals surface area contributed by atoms with Crippen molar-refractivity contribution in [2.75, 3.05) is 18.5 Å². The number of rotatable bonds is 10. The molecule has 0 aliphatic rings. The molecule has 14 heteroatoms. The van der Waals surface area contributed by atoms with Crippen molar-refractivity contribution in [3.05, 3.63) is 86.2 Å². The van der Waals surface area contributed by atoms with Gasteiger partial charge in [-0.2, -0.15) is 9.97 Å². The number of nitrogens with zero attached hydrogens (tertiary/aromatic N) is 5. The normalized spacial score (nSPS) is 10.7. The molecule has 2 N–H and O–H groups in total. The van der Waals surface area contributed by atoms with E-state index in [9.17, 15) is 25.0 Å². The number of carbonyl (C=O) groups excluding carboxylic acids is 1. The zero-order chi connectivity index (χ0) is 25.5. The van der Waals surface area contributed by atoms with E-state index in [-0.39, 0.29) is 42.1 Å². The monoisotopic (exact) mass is 493 g/mol. The number of hydrogen-bond acceptors (Lipinski definition) is 10. The van der Waals surface area contributed by atoms with Crippen LogP contribution in [-0.2, 0) is 17.6 Å². The number of carbonyl (C=O) groups is 1. The zero-order valence-corrected chi connectivity index (χ0v) is 18.6. The third kappa shape index (κ3) is 6.05. The van der Waals surface area contributed by atoms with Crippen molar-refractivity contribution < 1.29 is 24.1 Å². The Balaban J connectivity index is 1.32. The number of benzene rings is 2. The molecule has 0 fully saturated rings. The standard InChI is InChI=1S/C22H19N7O7/c30-22(36-12-10-15-3-7-17(8-4-15)29(33)34)27-21-25-19-18(23-13-24-19)20(26-21)35-11-9-14-1-5-16(6-2-14)28(31)32/h1-8,13H,9-12H2,(H2,23,24,25,26,27,30). The van der Waals surface area contributed by atoms with Crippen molar-refractivity contribution in [3.8, 4) is 5.88 Å². The second-order valence-corrected chi connectivity index (χ2v) is 7.41. The summed E-state index contributed by atoms with van der Waals surface area (Å²) >= 11 is 0. The summed E-state index contributed by atoms with van der Waals surface area (Å²) in [5.41, 5.74) is 2.31. The van der Waals surface area contributed by atoms with Crippen molar-refractivity contribution in [2.24, 2.45) is 0 Å². The Hall–Kier alpha value is -5.14. The Morgan fingerprint density at radius 1 is 0.889 bits per heavy atom. The maximum atomic E-state index is 12.2. The predicted octanol–water partition coefficient (Wildman–Crippen LogP) is 3.58. The van der Waals surface area contributed by atoms with E-state index in [0.29, 0.717) is 18.4 Å². The highest BCUT2D eigenvalue weighted by Gasteiger charge is 2.14. The van der Waals surface area contributed by atoms with E-state index in [1.165, 1.54) is 30.6 Å². The van der Waals surface area contributed by atoms with Crippen LogP contribution in [0.2, 0.25) is 0 Å². The van der Waals surface area contributed by atoms with Crippen molar-refractivity contribution in [1.29, 1.82) is 0 Å². The van der Waals surface area contributed by atoms with E-state index >= 15 is 0 Å². The topological polar surface area (TPSA) is 188 Å². The molecule has 2 heterocycles. The third-order valence-electron chi connectivity index (χ3n) is 5.01. The van der Waals surface area contributed by atoms with Gasteiger partial charge in [-0.15, -0.1) is 0 Å². The third-order valence-corrected chi connectivity index (χ3v) is 5.01. The molecule has 184 valence electrons. The Kier molecular flexibility index (Phi) is 7.24.